The summed E-state index contributed by atoms with van der Waals surface area (Å²) in [7, 11) is 4.15. The molecular weight excluding hydrogens is 122 g/mol. The number of rotatable bonds is 3. The molecule has 2 nitrogen and oxygen atoms in total. The van der Waals surface area contributed by atoms with Crippen molar-refractivity contribution in [2.75, 3.05) is 20.1 Å². The Kier molecular flexibility index (Phi) is 20.3. The summed E-state index contributed by atoms with van der Waals surface area (Å²) >= 11 is 0. The van der Waals surface area contributed by atoms with E-state index in [0.717, 1.165) is 13.2 Å². The average molecular weight is 134 g/mol. The first kappa shape index (κ1) is 11.7. The molecule has 0 aliphatic heterocycles. The van der Waals surface area contributed by atoms with Crippen molar-refractivity contribution in [3.05, 3.63) is 0 Å². The Hall–Kier alpha value is -0.0851. The summed E-state index contributed by atoms with van der Waals surface area (Å²) in [5, 5.41) is 0. The van der Waals surface area contributed by atoms with Gasteiger partial charge in [-0.05, 0) is 13.8 Å². The molecule has 0 atom stereocenters. The van der Waals surface area contributed by atoms with Gasteiger partial charge in [-0.25, -0.2) is 4.39 Å². The zero-order chi connectivity index (χ0) is 7.54. The second-order valence-electron chi connectivity index (χ2n) is 1.06. The van der Waals surface area contributed by atoms with Gasteiger partial charge in [0, 0.05) is 13.2 Å². The fourth-order valence-corrected chi connectivity index (χ4v) is 0.204. The zero-order valence-corrected chi connectivity index (χ0v) is 5.89. The fourth-order valence-electron chi connectivity index (χ4n) is 0.204. The molecule has 0 saturated carbocycles. The average Bonchev–Trinajstić information content (AvgIpc) is 1.91. The van der Waals surface area contributed by atoms with E-state index in [1.165, 1.54) is 0 Å². The van der Waals surface area contributed by atoms with Gasteiger partial charge in [0.1, 0.15) is 0 Å². The first-order valence-corrected chi connectivity index (χ1v) is 2.78. The first-order valence-electron chi connectivity index (χ1n) is 2.78. The van der Waals surface area contributed by atoms with Crippen molar-refractivity contribution in [3.8, 4) is 0 Å². The first-order chi connectivity index (χ1) is 4.33. The third kappa shape index (κ3) is 32.6. The van der Waals surface area contributed by atoms with Gasteiger partial charge in [-0.1, -0.05) is 0 Å². The number of hydrogen-bond donors (Lipinski definition) is 0. The molecular formula is C5H12BFO2. The molecule has 0 unspecified atom stereocenters. The lowest BCUT2D eigenvalue weighted by atomic mass is 10.6. The van der Waals surface area contributed by atoms with Gasteiger partial charge in [-0.2, -0.15) is 0 Å². The lowest BCUT2D eigenvalue weighted by molar-refractivity contribution is 0.162. The van der Waals surface area contributed by atoms with Crippen LogP contribution in [0.5, 0.6) is 0 Å². The van der Waals surface area contributed by atoms with E-state index in [9.17, 15) is 4.39 Å². The van der Waals surface area contributed by atoms with Crippen LogP contribution < -0.4 is 0 Å². The molecule has 0 aromatic carbocycles. The summed E-state index contributed by atoms with van der Waals surface area (Å²) < 4.78 is 18.6. The van der Waals surface area contributed by atoms with Crippen molar-refractivity contribution >= 4 is 8.05 Å². The van der Waals surface area contributed by atoms with E-state index in [0.29, 0.717) is 0 Å². The maximum absolute atomic E-state index is 10.4. The van der Waals surface area contributed by atoms with Crippen LogP contribution >= 0.6 is 0 Å². The van der Waals surface area contributed by atoms with Gasteiger partial charge in [0.15, 0.2) is 6.86 Å². The molecule has 9 heavy (non-hydrogen) atoms. The van der Waals surface area contributed by atoms with Gasteiger partial charge in [0.2, 0.25) is 0 Å². The maximum Gasteiger partial charge on any atom is 0.286 e. The van der Waals surface area contributed by atoms with Gasteiger partial charge in [0.05, 0.1) is 0 Å². The van der Waals surface area contributed by atoms with Crippen LogP contribution in [0.2, 0.25) is 0 Å². The third-order valence-corrected chi connectivity index (χ3v) is 0.471. The highest BCUT2D eigenvalue weighted by Crippen LogP contribution is 1.64. The third-order valence-electron chi connectivity index (χ3n) is 0.471. The summed E-state index contributed by atoms with van der Waals surface area (Å²) in [5.74, 6) is 0. The number of ether oxygens (including phenoxy) is 1. The molecule has 54 valence electrons. The molecule has 0 saturated heterocycles. The van der Waals surface area contributed by atoms with Crippen LogP contribution in [0.15, 0.2) is 0 Å². The molecule has 0 heterocycles. The molecule has 0 amide bonds. The summed E-state index contributed by atoms with van der Waals surface area (Å²) in [6, 6.07) is 0. The highest BCUT2D eigenvalue weighted by Gasteiger charge is 1.64. The van der Waals surface area contributed by atoms with E-state index in [1.54, 1.807) is 0 Å². The maximum atomic E-state index is 10.4. The quantitative estimate of drug-likeness (QED) is 0.537. The topological polar surface area (TPSA) is 18.5 Å². The summed E-state index contributed by atoms with van der Waals surface area (Å²) in [4.78, 5) is 0. The SMILES string of the molecule is CCOCC.[B]OCF. The van der Waals surface area contributed by atoms with Crippen LogP contribution in [0.3, 0.4) is 0 Å². The molecule has 0 fully saturated rings. The van der Waals surface area contributed by atoms with Gasteiger partial charge >= 0.3 is 0 Å². The van der Waals surface area contributed by atoms with E-state index in [-0.39, 0.29) is 0 Å². The fraction of sp³-hybridized carbons (Fsp3) is 1.00. The van der Waals surface area contributed by atoms with Crippen LogP contribution in [0.25, 0.3) is 0 Å². The molecule has 0 aliphatic carbocycles. The highest BCUT2D eigenvalue weighted by atomic mass is 19.1. The molecule has 0 aliphatic rings. The second-order valence-corrected chi connectivity index (χ2v) is 1.06. The monoisotopic (exact) mass is 134 g/mol. The number of alkyl halides is 1. The van der Waals surface area contributed by atoms with Crippen LogP contribution in [-0.2, 0) is 9.39 Å². The van der Waals surface area contributed by atoms with Crippen LogP contribution in [-0.4, -0.2) is 28.1 Å². The summed E-state index contributed by atoms with van der Waals surface area (Å²) in [5.41, 5.74) is 0. The Morgan fingerprint density at radius 3 is 1.67 bits per heavy atom. The van der Waals surface area contributed by atoms with E-state index in [1.807, 2.05) is 13.8 Å². The van der Waals surface area contributed by atoms with E-state index >= 15 is 0 Å². The lowest BCUT2D eigenvalue weighted by Gasteiger charge is -1.86. The van der Waals surface area contributed by atoms with Gasteiger partial charge in [0.25, 0.3) is 8.05 Å². The van der Waals surface area contributed by atoms with Crippen molar-refractivity contribution < 1.29 is 13.8 Å². The molecule has 0 spiro atoms. The van der Waals surface area contributed by atoms with Gasteiger partial charge in [-0.15, -0.1) is 0 Å². The smallest absolute Gasteiger partial charge is 0.286 e. The Labute approximate surface area is 56.8 Å². The Balaban J connectivity index is 0. The Bertz CT molecular complexity index is 34.1. The molecule has 4 heteroatoms. The molecule has 2 radical (unpaired) electrons. The largest absolute Gasteiger partial charge is 0.423 e. The van der Waals surface area contributed by atoms with Crippen LogP contribution in [0.4, 0.5) is 4.39 Å². The highest BCUT2D eigenvalue weighted by molar-refractivity contribution is 5.97. The standard InChI is InChI=1S/C4H10O.CH2BFO/c1-3-5-4-2;2-4-1-3/h3-4H2,1-2H3;1H2. The molecule has 0 aromatic rings. The summed E-state index contributed by atoms with van der Waals surface area (Å²) in [6.45, 7) is 4.76. The minimum Gasteiger partial charge on any atom is -0.423 e. The normalized spacial score (nSPS) is 7.89. The van der Waals surface area contributed by atoms with Crippen molar-refractivity contribution in [2.24, 2.45) is 0 Å². The van der Waals surface area contributed by atoms with Crippen LogP contribution in [0, 0.1) is 0 Å². The van der Waals surface area contributed by atoms with E-state index < -0.39 is 6.86 Å². The minimum atomic E-state index is -0.903. The number of hydrogen-bond acceptors (Lipinski definition) is 2. The van der Waals surface area contributed by atoms with Gasteiger partial charge < -0.3 is 9.39 Å². The minimum absolute atomic E-state index is 0.844. The summed E-state index contributed by atoms with van der Waals surface area (Å²) in [6.07, 6.45) is 0. The zero-order valence-electron chi connectivity index (χ0n) is 5.89. The molecule has 0 bridgehead atoms. The number of halogens is 1. The predicted octanol–water partition coefficient (Wildman–Crippen LogP) is 1.06. The molecule has 0 N–H and O–H groups in total. The Morgan fingerprint density at radius 1 is 1.33 bits per heavy atom. The van der Waals surface area contributed by atoms with Crippen molar-refractivity contribution in [3.63, 3.8) is 0 Å². The van der Waals surface area contributed by atoms with Crippen molar-refractivity contribution in [1.29, 1.82) is 0 Å². The van der Waals surface area contributed by atoms with E-state index in [2.05, 4.69) is 12.7 Å². The predicted molar refractivity (Wildman–Crippen MR) is 35.0 cm³/mol. The van der Waals surface area contributed by atoms with Crippen molar-refractivity contribution in [2.45, 2.75) is 13.8 Å². The van der Waals surface area contributed by atoms with Crippen molar-refractivity contribution in [1.82, 2.24) is 0 Å². The van der Waals surface area contributed by atoms with Crippen LogP contribution in [0.1, 0.15) is 13.8 Å². The molecule has 0 rings (SSSR count). The Morgan fingerprint density at radius 2 is 1.67 bits per heavy atom. The lowest BCUT2D eigenvalue weighted by Crippen LogP contribution is -1.84. The molecule has 0 aromatic heterocycles. The second kappa shape index (κ2) is 15.7. The van der Waals surface area contributed by atoms with Gasteiger partial charge in [-0.3, -0.25) is 0 Å². The van der Waals surface area contributed by atoms with E-state index in [4.69, 9.17) is 4.74 Å².